The van der Waals surface area contributed by atoms with Crippen LogP contribution in [-0.4, -0.2) is 24.4 Å². The van der Waals surface area contributed by atoms with E-state index < -0.39 is 0 Å². The molecule has 0 amide bonds. The molecule has 2 heterocycles. The number of fused-ring (bicyclic) bond motifs is 3. The van der Waals surface area contributed by atoms with Crippen LogP contribution in [0.25, 0.3) is 0 Å². The van der Waals surface area contributed by atoms with Gasteiger partial charge in [-0.3, -0.25) is 0 Å². The number of unbranched alkanes of at least 4 members (excludes halogenated alkanes) is 4. The number of hydrogen-bond donors (Lipinski definition) is 0. The molecule has 2 aliphatic rings. The van der Waals surface area contributed by atoms with Crippen molar-refractivity contribution in [2.24, 2.45) is 5.10 Å². The van der Waals surface area contributed by atoms with E-state index in [9.17, 15) is 0 Å². The van der Waals surface area contributed by atoms with Crippen LogP contribution in [-0.2, 0) is 0 Å². The molecule has 0 N–H and O–H groups in total. The molecule has 0 bridgehead atoms. The van der Waals surface area contributed by atoms with Crippen molar-refractivity contribution in [3.8, 4) is 17.2 Å². The number of hydrazone groups is 1. The normalized spacial score (nSPS) is 18.2. The van der Waals surface area contributed by atoms with Crippen molar-refractivity contribution in [2.45, 2.75) is 57.7 Å². The summed E-state index contributed by atoms with van der Waals surface area (Å²) in [7, 11) is 1.68. The molecule has 0 unspecified atom stereocenters. The molecule has 6 heteroatoms. The van der Waals surface area contributed by atoms with Crippen LogP contribution in [0.5, 0.6) is 17.2 Å². The zero-order valence-corrected chi connectivity index (χ0v) is 21.7. The summed E-state index contributed by atoms with van der Waals surface area (Å²) in [6.45, 7) is 2.98. The maximum atomic E-state index is 6.57. The van der Waals surface area contributed by atoms with Gasteiger partial charge in [0, 0.05) is 22.6 Å². The van der Waals surface area contributed by atoms with Gasteiger partial charge in [-0.1, -0.05) is 68.5 Å². The van der Waals surface area contributed by atoms with Crippen LogP contribution in [0.1, 0.15) is 74.4 Å². The lowest BCUT2D eigenvalue weighted by Gasteiger charge is -2.38. The van der Waals surface area contributed by atoms with E-state index in [0.717, 1.165) is 64.1 Å². The lowest BCUT2D eigenvalue weighted by atomic mass is 9.95. The van der Waals surface area contributed by atoms with E-state index in [1.165, 1.54) is 25.7 Å². The first-order chi connectivity index (χ1) is 17.7. The smallest absolute Gasteiger partial charge is 0.214 e. The number of hydrogen-bond acceptors (Lipinski definition) is 5. The third-order valence-electron chi connectivity index (χ3n) is 6.86. The summed E-state index contributed by atoms with van der Waals surface area (Å²) in [5.74, 6) is 2.40. The molecule has 0 aromatic heterocycles. The highest BCUT2D eigenvalue weighted by Crippen LogP contribution is 2.50. The fourth-order valence-electron chi connectivity index (χ4n) is 4.91. The van der Waals surface area contributed by atoms with Crippen molar-refractivity contribution in [2.75, 3.05) is 13.7 Å². The zero-order chi connectivity index (χ0) is 24.9. The van der Waals surface area contributed by atoms with Crippen molar-refractivity contribution in [1.29, 1.82) is 0 Å². The summed E-state index contributed by atoms with van der Waals surface area (Å²) < 4.78 is 18.2. The molecule has 2 atom stereocenters. The Bertz CT molecular complexity index is 1190. The minimum absolute atomic E-state index is 0.0542. The molecule has 5 rings (SSSR count). The van der Waals surface area contributed by atoms with Gasteiger partial charge in [-0.25, -0.2) is 5.01 Å². The molecular weight excluding hydrogens is 472 g/mol. The Hall–Kier alpha value is -3.18. The molecule has 2 aliphatic heterocycles. The van der Waals surface area contributed by atoms with Crippen LogP contribution in [0.4, 0.5) is 0 Å². The quantitative estimate of drug-likeness (QED) is 0.263. The van der Waals surface area contributed by atoms with Gasteiger partial charge < -0.3 is 14.2 Å². The van der Waals surface area contributed by atoms with E-state index in [2.05, 4.69) is 30.1 Å². The number of rotatable bonds is 10. The molecule has 0 saturated heterocycles. The lowest BCUT2D eigenvalue weighted by Crippen LogP contribution is -2.33. The van der Waals surface area contributed by atoms with Crippen molar-refractivity contribution >= 4 is 17.3 Å². The lowest BCUT2D eigenvalue weighted by molar-refractivity contribution is -0.0209. The largest absolute Gasteiger partial charge is 0.494 e. The van der Waals surface area contributed by atoms with Crippen molar-refractivity contribution in [3.63, 3.8) is 0 Å². The molecule has 36 heavy (non-hydrogen) atoms. The second-order valence-corrected chi connectivity index (χ2v) is 9.77. The van der Waals surface area contributed by atoms with E-state index in [4.69, 9.17) is 30.9 Å². The van der Waals surface area contributed by atoms with Gasteiger partial charge in [0.1, 0.15) is 5.75 Å². The van der Waals surface area contributed by atoms with Crippen LogP contribution in [0.2, 0.25) is 5.02 Å². The predicted molar refractivity (Wildman–Crippen MR) is 144 cm³/mol. The Morgan fingerprint density at radius 1 is 0.972 bits per heavy atom. The predicted octanol–water partition coefficient (Wildman–Crippen LogP) is 7.94. The molecule has 0 fully saturated rings. The molecule has 188 valence electrons. The first kappa shape index (κ1) is 24.5. The van der Waals surface area contributed by atoms with Gasteiger partial charge in [0.2, 0.25) is 6.23 Å². The highest BCUT2D eigenvalue weighted by atomic mass is 35.5. The Morgan fingerprint density at radius 2 is 1.75 bits per heavy atom. The van der Waals surface area contributed by atoms with Crippen molar-refractivity contribution in [1.82, 2.24) is 5.01 Å². The Morgan fingerprint density at radius 3 is 2.50 bits per heavy atom. The molecule has 0 spiro atoms. The second kappa shape index (κ2) is 11.3. The zero-order valence-electron chi connectivity index (χ0n) is 21.0. The minimum atomic E-state index is -0.369. The highest BCUT2D eigenvalue weighted by molar-refractivity contribution is 6.30. The van der Waals surface area contributed by atoms with Gasteiger partial charge >= 0.3 is 0 Å². The Balaban J connectivity index is 1.38. The Labute approximate surface area is 218 Å². The minimum Gasteiger partial charge on any atom is -0.494 e. The summed E-state index contributed by atoms with van der Waals surface area (Å²) in [6, 6.07) is 22.2. The number of methoxy groups -OCH3 is 1. The molecule has 0 radical (unpaired) electrons. The fourth-order valence-corrected chi connectivity index (χ4v) is 5.03. The summed E-state index contributed by atoms with van der Waals surface area (Å²) >= 11 is 6.12. The number of para-hydroxylation sites is 1. The van der Waals surface area contributed by atoms with Gasteiger partial charge in [-0.05, 0) is 54.4 Å². The first-order valence-electron chi connectivity index (χ1n) is 12.9. The monoisotopic (exact) mass is 504 g/mol. The summed E-state index contributed by atoms with van der Waals surface area (Å²) in [6.07, 6.45) is 6.54. The van der Waals surface area contributed by atoms with Gasteiger partial charge in [0.15, 0.2) is 11.5 Å². The number of benzene rings is 3. The van der Waals surface area contributed by atoms with Gasteiger partial charge in [-0.2, -0.15) is 5.10 Å². The SMILES string of the molecule is CCCCCCCOc1ccc([C@H]2Oc3c(OC)cccc3[C@H]3CC(c4ccc(Cl)cc4)=NN32)cc1. The van der Waals surface area contributed by atoms with E-state index >= 15 is 0 Å². The molecule has 5 nitrogen and oxygen atoms in total. The summed E-state index contributed by atoms with van der Waals surface area (Å²) in [5.41, 5.74) is 4.19. The summed E-state index contributed by atoms with van der Waals surface area (Å²) in [4.78, 5) is 0. The first-order valence-corrected chi connectivity index (χ1v) is 13.2. The third kappa shape index (κ3) is 5.17. The average molecular weight is 505 g/mol. The number of nitrogens with zero attached hydrogens (tertiary/aromatic N) is 2. The molecule has 3 aromatic rings. The van der Waals surface area contributed by atoms with E-state index in [0.29, 0.717) is 0 Å². The van der Waals surface area contributed by atoms with Gasteiger partial charge in [0.05, 0.1) is 25.5 Å². The van der Waals surface area contributed by atoms with E-state index in [1.807, 2.05) is 48.5 Å². The molecule has 0 saturated carbocycles. The summed E-state index contributed by atoms with van der Waals surface area (Å²) in [5, 5.41) is 7.84. The Kier molecular flexibility index (Phi) is 7.66. The number of halogens is 1. The average Bonchev–Trinajstić information content (AvgIpc) is 3.36. The van der Waals surface area contributed by atoms with Gasteiger partial charge in [-0.15, -0.1) is 0 Å². The molecular formula is C30H33ClN2O3. The van der Waals surface area contributed by atoms with Crippen LogP contribution in [0, 0.1) is 0 Å². The van der Waals surface area contributed by atoms with Crippen molar-refractivity contribution < 1.29 is 14.2 Å². The van der Waals surface area contributed by atoms with Crippen LogP contribution in [0.3, 0.4) is 0 Å². The van der Waals surface area contributed by atoms with Crippen LogP contribution >= 0.6 is 11.6 Å². The second-order valence-electron chi connectivity index (χ2n) is 9.33. The molecule has 0 aliphatic carbocycles. The van der Waals surface area contributed by atoms with E-state index in [1.54, 1.807) is 7.11 Å². The highest BCUT2D eigenvalue weighted by Gasteiger charge is 2.42. The van der Waals surface area contributed by atoms with Gasteiger partial charge in [0.25, 0.3) is 0 Å². The standard InChI is InChI=1S/C30H33ClN2O3/c1-3-4-5-6-7-19-35-24-17-13-22(14-18-24)30-33-27(25-9-8-10-28(34-2)29(25)36-30)20-26(32-33)21-11-15-23(31)16-12-21/h8-18,27,30H,3-7,19-20H2,1-2H3/t27-,30-/m1/s1. The van der Waals surface area contributed by atoms with Crippen LogP contribution in [0.15, 0.2) is 71.8 Å². The maximum Gasteiger partial charge on any atom is 0.214 e. The molecule has 3 aromatic carbocycles. The third-order valence-corrected chi connectivity index (χ3v) is 7.11. The number of ether oxygens (including phenoxy) is 3. The van der Waals surface area contributed by atoms with E-state index in [-0.39, 0.29) is 12.3 Å². The fraction of sp³-hybridized carbons (Fsp3) is 0.367. The maximum absolute atomic E-state index is 6.57. The van der Waals surface area contributed by atoms with Crippen molar-refractivity contribution in [3.05, 3.63) is 88.4 Å². The topological polar surface area (TPSA) is 43.3 Å². The van der Waals surface area contributed by atoms with Crippen LogP contribution < -0.4 is 14.2 Å².